The average molecular weight is 602 g/mol. The van der Waals surface area contributed by atoms with Crippen LogP contribution in [0.15, 0.2) is 152 Å². The molecule has 1 aliphatic rings. The number of hydrogen-bond acceptors (Lipinski definition) is 5. The lowest BCUT2D eigenvalue weighted by Gasteiger charge is -2.11. The van der Waals surface area contributed by atoms with Crippen molar-refractivity contribution in [2.24, 2.45) is 0 Å². The van der Waals surface area contributed by atoms with E-state index in [0.717, 1.165) is 62.2 Å². The fraction of sp³-hybridized carbons (Fsp3) is 0.0238. The number of nitrogens with zero attached hydrogens (tertiary/aromatic N) is 5. The van der Waals surface area contributed by atoms with Gasteiger partial charge in [-0.2, -0.15) is 0 Å². The quantitative estimate of drug-likeness (QED) is 0.197. The van der Waals surface area contributed by atoms with Crippen LogP contribution in [-0.2, 0) is 6.42 Å². The van der Waals surface area contributed by atoms with E-state index in [-0.39, 0.29) is 0 Å². The van der Waals surface area contributed by atoms with Gasteiger partial charge in [0.1, 0.15) is 0 Å². The van der Waals surface area contributed by atoms with Gasteiger partial charge in [-0.1, -0.05) is 140 Å². The first kappa shape index (κ1) is 27.0. The molecule has 0 saturated heterocycles. The molecule has 6 aromatic carbocycles. The highest BCUT2D eigenvalue weighted by molar-refractivity contribution is 5.94. The summed E-state index contributed by atoms with van der Waals surface area (Å²) in [5, 5.41) is 0. The first-order chi connectivity index (χ1) is 23.3. The van der Waals surface area contributed by atoms with Gasteiger partial charge in [0.05, 0.1) is 22.4 Å². The van der Waals surface area contributed by atoms with Crippen molar-refractivity contribution in [2.75, 3.05) is 0 Å². The van der Waals surface area contributed by atoms with Crippen molar-refractivity contribution >= 4 is 11.0 Å². The van der Waals surface area contributed by atoms with Crippen LogP contribution >= 0.6 is 0 Å². The van der Waals surface area contributed by atoms with Crippen molar-refractivity contribution in [1.29, 1.82) is 0 Å². The van der Waals surface area contributed by atoms with E-state index in [4.69, 9.17) is 24.9 Å². The van der Waals surface area contributed by atoms with E-state index in [1.165, 1.54) is 16.7 Å². The molecular formula is C42H27N5. The second-order valence-corrected chi connectivity index (χ2v) is 11.7. The van der Waals surface area contributed by atoms with E-state index in [9.17, 15) is 0 Å². The minimum atomic E-state index is 0.616. The fourth-order valence-electron chi connectivity index (χ4n) is 6.39. The Hall–Kier alpha value is -6.33. The lowest BCUT2D eigenvalue weighted by molar-refractivity contribution is 1.07. The van der Waals surface area contributed by atoms with Crippen LogP contribution in [0.25, 0.3) is 78.7 Å². The van der Waals surface area contributed by atoms with Gasteiger partial charge in [-0.15, -0.1) is 0 Å². The van der Waals surface area contributed by atoms with Gasteiger partial charge in [0.2, 0.25) is 0 Å². The molecule has 0 amide bonds. The van der Waals surface area contributed by atoms with Crippen molar-refractivity contribution in [3.63, 3.8) is 0 Å². The summed E-state index contributed by atoms with van der Waals surface area (Å²) in [7, 11) is 0. The summed E-state index contributed by atoms with van der Waals surface area (Å²) < 4.78 is 0. The van der Waals surface area contributed by atoms with Crippen LogP contribution in [0.5, 0.6) is 0 Å². The monoisotopic (exact) mass is 601 g/mol. The Morgan fingerprint density at radius 2 is 0.894 bits per heavy atom. The topological polar surface area (TPSA) is 64.5 Å². The van der Waals surface area contributed by atoms with Gasteiger partial charge in [-0.25, -0.2) is 24.9 Å². The van der Waals surface area contributed by atoms with E-state index < -0.39 is 0 Å². The van der Waals surface area contributed by atoms with E-state index in [0.29, 0.717) is 17.5 Å². The smallest absolute Gasteiger partial charge is 0.164 e. The predicted molar refractivity (Wildman–Crippen MR) is 188 cm³/mol. The molecule has 1 aliphatic carbocycles. The molecule has 47 heavy (non-hydrogen) atoms. The summed E-state index contributed by atoms with van der Waals surface area (Å²) in [6, 6.07) is 51.9. The number of rotatable bonds is 5. The Bertz CT molecular complexity index is 2420. The van der Waals surface area contributed by atoms with E-state index in [1.54, 1.807) is 0 Å². The van der Waals surface area contributed by atoms with Crippen LogP contribution in [0, 0.1) is 0 Å². The zero-order valence-electron chi connectivity index (χ0n) is 25.4. The zero-order valence-corrected chi connectivity index (χ0v) is 25.4. The molecule has 0 unspecified atom stereocenters. The van der Waals surface area contributed by atoms with E-state index >= 15 is 0 Å². The fourth-order valence-corrected chi connectivity index (χ4v) is 6.39. The Labute approximate surface area is 272 Å². The van der Waals surface area contributed by atoms with Gasteiger partial charge < -0.3 is 0 Å². The predicted octanol–water partition coefficient (Wildman–Crippen LogP) is 9.72. The maximum Gasteiger partial charge on any atom is 0.164 e. The maximum absolute atomic E-state index is 5.18. The van der Waals surface area contributed by atoms with Gasteiger partial charge in [-0.05, 0) is 34.4 Å². The summed E-state index contributed by atoms with van der Waals surface area (Å²) in [5.41, 5.74) is 13.4. The molecule has 0 N–H and O–H groups in total. The molecule has 0 aliphatic heterocycles. The van der Waals surface area contributed by atoms with Crippen LogP contribution in [0.2, 0.25) is 0 Å². The highest BCUT2D eigenvalue weighted by atomic mass is 15.0. The summed E-state index contributed by atoms with van der Waals surface area (Å²) in [4.78, 5) is 25.2. The van der Waals surface area contributed by atoms with Crippen molar-refractivity contribution < 1.29 is 0 Å². The van der Waals surface area contributed by atoms with Crippen LogP contribution in [0.3, 0.4) is 0 Å². The molecule has 0 atom stereocenters. The Morgan fingerprint density at radius 1 is 0.362 bits per heavy atom. The standard InChI is InChI=1S/C42H27N5/c1-3-11-27(12-4-1)28-21-23-30(24-22-28)41-45-40(29-13-5-2-6-14-29)46-42(47-41)33-17-9-16-31(25-33)35-19-10-20-36-38(35)44-37-26-32-15-7-8-18-34(32)39(37)43-36/h1-25H,26H2. The molecule has 0 fully saturated rings. The van der Waals surface area contributed by atoms with Gasteiger partial charge in [0.15, 0.2) is 17.5 Å². The molecule has 5 heteroatoms. The Balaban J connectivity index is 1.14. The van der Waals surface area contributed by atoms with Crippen LogP contribution < -0.4 is 0 Å². The van der Waals surface area contributed by atoms with Crippen LogP contribution in [0.1, 0.15) is 11.3 Å². The number of fused-ring (bicyclic) bond motifs is 4. The third kappa shape index (κ3) is 4.95. The molecule has 220 valence electrons. The SMILES string of the molecule is c1ccc(-c2ccc(-c3nc(-c4ccccc4)nc(-c4cccc(-c5cccc6nc7c(nc56)Cc5ccccc5-7)c4)n3)cc2)cc1. The molecule has 5 nitrogen and oxygen atoms in total. The second kappa shape index (κ2) is 11.2. The van der Waals surface area contributed by atoms with Gasteiger partial charge >= 0.3 is 0 Å². The number of aromatic nitrogens is 5. The second-order valence-electron chi connectivity index (χ2n) is 11.7. The minimum absolute atomic E-state index is 0.616. The molecule has 8 aromatic rings. The summed E-state index contributed by atoms with van der Waals surface area (Å²) in [5.74, 6) is 1.88. The molecular weight excluding hydrogens is 574 g/mol. The Kier molecular flexibility index (Phi) is 6.46. The normalized spacial score (nSPS) is 11.7. The number of hydrogen-bond donors (Lipinski definition) is 0. The largest absolute Gasteiger partial charge is 0.248 e. The van der Waals surface area contributed by atoms with Crippen LogP contribution in [0.4, 0.5) is 0 Å². The lowest BCUT2D eigenvalue weighted by Crippen LogP contribution is -2.00. The summed E-state index contributed by atoms with van der Waals surface area (Å²) in [6.45, 7) is 0. The van der Waals surface area contributed by atoms with E-state index in [2.05, 4.69) is 109 Å². The van der Waals surface area contributed by atoms with Crippen molar-refractivity contribution in [2.45, 2.75) is 6.42 Å². The zero-order chi connectivity index (χ0) is 31.2. The van der Waals surface area contributed by atoms with Crippen molar-refractivity contribution in [1.82, 2.24) is 24.9 Å². The first-order valence-electron chi connectivity index (χ1n) is 15.7. The highest BCUT2D eigenvalue weighted by Gasteiger charge is 2.22. The Morgan fingerprint density at radius 3 is 1.66 bits per heavy atom. The summed E-state index contributed by atoms with van der Waals surface area (Å²) in [6.07, 6.45) is 0.797. The first-order valence-corrected chi connectivity index (χ1v) is 15.7. The van der Waals surface area contributed by atoms with E-state index in [1.807, 2.05) is 42.5 Å². The van der Waals surface area contributed by atoms with Crippen LogP contribution in [-0.4, -0.2) is 24.9 Å². The molecule has 0 saturated carbocycles. The third-order valence-electron chi connectivity index (χ3n) is 8.75. The molecule has 2 heterocycles. The number of para-hydroxylation sites is 1. The molecule has 0 bridgehead atoms. The molecule has 9 rings (SSSR count). The average Bonchev–Trinajstić information content (AvgIpc) is 3.52. The third-order valence-corrected chi connectivity index (χ3v) is 8.75. The number of benzene rings is 6. The highest BCUT2D eigenvalue weighted by Crippen LogP contribution is 2.37. The molecule has 0 radical (unpaired) electrons. The van der Waals surface area contributed by atoms with Crippen molar-refractivity contribution in [3.8, 4) is 67.7 Å². The van der Waals surface area contributed by atoms with Crippen molar-refractivity contribution in [3.05, 3.63) is 163 Å². The van der Waals surface area contributed by atoms with Gasteiger partial charge in [0, 0.05) is 34.2 Å². The van der Waals surface area contributed by atoms with Gasteiger partial charge in [0.25, 0.3) is 0 Å². The lowest BCUT2D eigenvalue weighted by atomic mass is 10.0. The molecule has 2 aromatic heterocycles. The summed E-state index contributed by atoms with van der Waals surface area (Å²) >= 11 is 0. The minimum Gasteiger partial charge on any atom is -0.248 e. The molecule has 0 spiro atoms. The van der Waals surface area contributed by atoms with Gasteiger partial charge in [-0.3, -0.25) is 0 Å². The maximum atomic E-state index is 5.18.